The number of primary amides is 1. The van der Waals surface area contributed by atoms with Gasteiger partial charge in [0.2, 0.25) is 5.91 Å². The number of nitrogens with one attached hydrogen (secondary N) is 2. The highest BCUT2D eigenvalue weighted by Crippen LogP contribution is 1.97. The van der Waals surface area contributed by atoms with Gasteiger partial charge in [0.05, 0.1) is 0 Å². The van der Waals surface area contributed by atoms with Crippen molar-refractivity contribution in [2.24, 2.45) is 5.73 Å². The van der Waals surface area contributed by atoms with E-state index in [0.29, 0.717) is 12.6 Å². The first-order chi connectivity index (χ1) is 9.73. The van der Waals surface area contributed by atoms with Gasteiger partial charge in [-0.3, -0.25) is 4.79 Å². The van der Waals surface area contributed by atoms with Gasteiger partial charge in [-0.05, 0) is 40.3 Å². The number of hydrogen-bond donors (Lipinski definition) is 4. The number of rotatable bonds is 10. The van der Waals surface area contributed by atoms with Crippen LogP contribution < -0.4 is 16.4 Å². The predicted molar refractivity (Wildman–Crippen MR) is 78.8 cm³/mol. The molecule has 122 valence electrons. The molecule has 0 fully saturated rings. The number of carboxylic acid groups (broad SMARTS) is 1. The molecule has 0 aliphatic heterocycles. The summed E-state index contributed by atoms with van der Waals surface area (Å²) in [6.45, 7) is 5.44. The van der Waals surface area contributed by atoms with Crippen LogP contribution in [0.3, 0.4) is 0 Å². The third-order valence-corrected chi connectivity index (χ3v) is 3.14. The van der Waals surface area contributed by atoms with Crippen LogP contribution in [0.5, 0.6) is 0 Å². The van der Waals surface area contributed by atoms with E-state index in [9.17, 15) is 14.4 Å². The Bertz CT molecular complexity index is 360. The maximum absolute atomic E-state index is 11.6. The minimum absolute atomic E-state index is 0.0197. The summed E-state index contributed by atoms with van der Waals surface area (Å²) in [7, 11) is 2.00. The largest absolute Gasteiger partial charge is 0.480 e. The molecule has 5 N–H and O–H groups in total. The molecule has 0 bridgehead atoms. The molecule has 3 amide bonds. The molecule has 0 heterocycles. The smallest absolute Gasteiger partial charge is 0.326 e. The molecular formula is C13H26N4O4. The highest BCUT2D eigenvalue weighted by molar-refractivity contribution is 5.83. The van der Waals surface area contributed by atoms with Crippen molar-refractivity contribution in [2.75, 3.05) is 20.1 Å². The number of carbonyl (C=O) groups is 3. The lowest BCUT2D eigenvalue weighted by atomic mass is 10.1. The zero-order chi connectivity index (χ0) is 16.4. The van der Waals surface area contributed by atoms with Gasteiger partial charge in [-0.2, -0.15) is 0 Å². The van der Waals surface area contributed by atoms with Crippen molar-refractivity contribution in [1.29, 1.82) is 0 Å². The summed E-state index contributed by atoms with van der Waals surface area (Å²) in [5.41, 5.74) is 4.96. The van der Waals surface area contributed by atoms with Gasteiger partial charge in [0.25, 0.3) is 0 Å². The molecule has 0 aromatic carbocycles. The lowest BCUT2D eigenvalue weighted by Gasteiger charge is -2.21. The van der Waals surface area contributed by atoms with Gasteiger partial charge in [0.15, 0.2) is 0 Å². The normalized spacial score (nSPS) is 12.2. The third-order valence-electron chi connectivity index (χ3n) is 3.14. The third kappa shape index (κ3) is 9.67. The first-order valence-corrected chi connectivity index (χ1v) is 6.99. The van der Waals surface area contributed by atoms with Crippen molar-refractivity contribution in [3.05, 3.63) is 0 Å². The van der Waals surface area contributed by atoms with E-state index in [-0.39, 0.29) is 12.8 Å². The quantitative estimate of drug-likeness (QED) is 0.414. The molecule has 0 saturated carbocycles. The van der Waals surface area contributed by atoms with E-state index < -0.39 is 23.9 Å². The molecule has 0 spiro atoms. The summed E-state index contributed by atoms with van der Waals surface area (Å²) < 4.78 is 0. The van der Waals surface area contributed by atoms with Gasteiger partial charge < -0.3 is 26.4 Å². The van der Waals surface area contributed by atoms with Crippen LogP contribution in [0.4, 0.5) is 4.79 Å². The minimum Gasteiger partial charge on any atom is -0.480 e. The van der Waals surface area contributed by atoms with Gasteiger partial charge in [-0.1, -0.05) is 0 Å². The average molecular weight is 302 g/mol. The second-order valence-corrected chi connectivity index (χ2v) is 5.22. The van der Waals surface area contributed by atoms with Gasteiger partial charge >= 0.3 is 12.0 Å². The molecule has 0 aliphatic carbocycles. The fourth-order valence-electron chi connectivity index (χ4n) is 1.54. The highest BCUT2D eigenvalue weighted by Gasteiger charge is 2.20. The molecule has 0 aromatic heterocycles. The van der Waals surface area contributed by atoms with Crippen molar-refractivity contribution in [3.63, 3.8) is 0 Å². The molecule has 0 saturated heterocycles. The topological polar surface area (TPSA) is 125 Å². The Balaban J connectivity index is 3.98. The van der Waals surface area contributed by atoms with Crippen LogP contribution >= 0.6 is 0 Å². The molecule has 0 rings (SSSR count). The van der Waals surface area contributed by atoms with Crippen molar-refractivity contribution in [3.8, 4) is 0 Å². The highest BCUT2D eigenvalue weighted by atomic mass is 16.4. The van der Waals surface area contributed by atoms with E-state index in [4.69, 9.17) is 10.8 Å². The maximum Gasteiger partial charge on any atom is 0.326 e. The second-order valence-electron chi connectivity index (χ2n) is 5.22. The Kier molecular flexibility index (Phi) is 9.11. The number of nitrogens with two attached hydrogens (primary N) is 1. The van der Waals surface area contributed by atoms with Crippen molar-refractivity contribution < 1.29 is 19.5 Å². The number of hydrogen-bond acceptors (Lipinski definition) is 4. The number of nitrogens with zero attached hydrogens (tertiary/aromatic N) is 1. The minimum atomic E-state index is -1.19. The summed E-state index contributed by atoms with van der Waals surface area (Å²) in [6, 6.07) is -1.24. The first kappa shape index (κ1) is 19.2. The van der Waals surface area contributed by atoms with E-state index in [1.807, 2.05) is 7.05 Å². The van der Waals surface area contributed by atoms with Gasteiger partial charge in [0, 0.05) is 19.0 Å². The van der Waals surface area contributed by atoms with Gasteiger partial charge in [-0.25, -0.2) is 9.59 Å². The Morgan fingerprint density at radius 2 is 1.90 bits per heavy atom. The van der Waals surface area contributed by atoms with Crippen LogP contribution in [0.15, 0.2) is 0 Å². The molecule has 0 unspecified atom stereocenters. The first-order valence-electron chi connectivity index (χ1n) is 6.99. The molecular weight excluding hydrogens is 276 g/mol. The van der Waals surface area contributed by atoms with Crippen LogP contribution in [0.25, 0.3) is 0 Å². The number of amides is 3. The zero-order valence-electron chi connectivity index (χ0n) is 12.9. The fraction of sp³-hybridized carbons (Fsp3) is 0.769. The average Bonchev–Trinajstić information content (AvgIpc) is 2.38. The van der Waals surface area contributed by atoms with E-state index >= 15 is 0 Å². The zero-order valence-corrected chi connectivity index (χ0v) is 12.9. The van der Waals surface area contributed by atoms with Crippen LogP contribution in [0.1, 0.15) is 33.1 Å². The number of carboxylic acids is 1. The summed E-state index contributed by atoms with van der Waals surface area (Å²) in [4.78, 5) is 35.3. The predicted octanol–water partition coefficient (Wildman–Crippen LogP) is -0.265. The molecule has 0 radical (unpaired) electrons. The summed E-state index contributed by atoms with van der Waals surface area (Å²) >= 11 is 0. The van der Waals surface area contributed by atoms with Crippen LogP contribution in [-0.4, -0.2) is 60.1 Å². The van der Waals surface area contributed by atoms with Crippen LogP contribution in [-0.2, 0) is 9.59 Å². The summed E-state index contributed by atoms with van der Waals surface area (Å²) in [6.07, 6.45) is 0.658. The van der Waals surface area contributed by atoms with Crippen molar-refractivity contribution in [1.82, 2.24) is 15.5 Å². The Morgan fingerprint density at radius 1 is 1.29 bits per heavy atom. The molecule has 0 aliphatic rings. The van der Waals surface area contributed by atoms with Crippen molar-refractivity contribution in [2.45, 2.75) is 45.2 Å². The fourth-order valence-corrected chi connectivity index (χ4v) is 1.54. The standard InChI is InChI=1S/C13H26N4O4/c1-9(2)17(3)8-4-7-15-13(21)16-10(12(19)20)5-6-11(14)18/h9-10H,4-8H2,1-3H3,(H2,14,18)(H,19,20)(H2,15,16,21)/t10-/m0/s1. The van der Waals surface area contributed by atoms with E-state index in [0.717, 1.165) is 13.0 Å². The number of carbonyl (C=O) groups excluding carboxylic acids is 2. The Morgan fingerprint density at radius 3 is 2.38 bits per heavy atom. The van der Waals surface area contributed by atoms with Crippen LogP contribution in [0.2, 0.25) is 0 Å². The Labute approximate surface area is 125 Å². The van der Waals surface area contributed by atoms with Crippen molar-refractivity contribution >= 4 is 17.9 Å². The summed E-state index contributed by atoms with van der Waals surface area (Å²) in [5.74, 6) is -1.79. The van der Waals surface area contributed by atoms with E-state index in [1.54, 1.807) is 0 Å². The molecule has 0 aromatic rings. The molecule has 1 atom stereocenters. The number of urea groups is 1. The molecule has 21 heavy (non-hydrogen) atoms. The SMILES string of the molecule is CC(C)N(C)CCCNC(=O)N[C@@H](CCC(N)=O)C(=O)O. The molecule has 8 nitrogen and oxygen atoms in total. The molecule has 8 heteroatoms. The number of aliphatic carboxylic acids is 1. The summed E-state index contributed by atoms with van der Waals surface area (Å²) in [5, 5.41) is 13.8. The monoisotopic (exact) mass is 302 g/mol. The second kappa shape index (κ2) is 9.98. The Hall–Kier alpha value is -1.83. The van der Waals surface area contributed by atoms with E-state index in [1.165, 1.54) is 0 Å². The lowest BCUT2D eigenvalue weighted by Crippen LogP contribution is -2.46. The van der Waals surface area contributed by atoms with Gasteiger partial charge in [0.1, 0.15) is 6.04 Å². The van der Waals surface area contributed by atoms with Crippen LogP contribution in [0, 0.1) is 0 Å². The maximum atomic E-state index is 11.6. The van der Waals surface area contributed by atoms with E-state index in [2.05, 4.69) is 29.4 Å². The van der Waals surface area contributed by atoms with Gasteiger partial charge in [-0.15, -0.1) is 0 Å². The lowest BCUT2D eigenvalue weighted by molar-refractivity contribution is -0.139.